The highest BCUT2D eigenvalue weighted by Crippen LogP contribution is 2.30. The zero-order chi connectivity index (χ0) is 23.8. The number of pyridine rings is 1. The van der Waals surface area contributed by atoms with Crippen LogP contribution in [0.1, 0.15) is 45.2 Å². The lowest BCUT2D eigenvalue weighted by atomic mass is 10.0. The summed E-state index contributed by atoms with van der Waals surface area (Å²) in [4.78, 5) is 10.8. The van der Waals surface area contributed by atoms with Gasteiger partial charge in [0.05, 0.1) is 6.61 Å². The molecule has 0 aliphatic rings. The number of rotatable bonds is 13. The van der Waals surface area contributed by atoms with E-state index in [2.05, 4.69) is 78.3 Å². The molecule has 0 spiro atoms. The van der Waals surface area contributed by atoms with Gasteiger partial charge in [0.1, 0.15) is 11.4 Å². The Morgan fingerprint density at radius 1 is 0.853 bits per heavy atom. The lowest BCUT2D eigenvalue weighted by molar-refractivity contribution is 0.249. The van der Waals surface area contributed by atoms with Gasteiger partial charge in [0.25, 0.3) is 0 Å². The van der Waals surface area contributed by atoms with Crippen molar-refractivity contribution in [3.05, 3.63) is 60.3 Å². The second-order valence-corrected chi connectivity index (χ2v) is 8.94. The van der Waals surface area contributed by atoms with Crippen molar-refractivity contribution < 1.29 is 4.74 Å². The summed E-state index contributed by atoms with van der Waals surface area (Å²) in [6, 6.07) is 19.4. The Morgan fingerprint density at radius 2 is 1.65 bits per heavy atom. The molecule has 0 aliphatic heterocycles. The highest BCUT2D eigenvalue weighted by Gasteiger charge is 2.09. The Labute approximate surface area is 203 Å². The largest absolute Gasteiger partial charge is 0.494 e. The maximum absolute atomic E-state index is 5.96. The van der Waals surface area contributed by atoms with Crippen LogP contribution in [0, 0.1) is 0 Å². The van der Waals surface area contributed by atoms with Crippen LogP contribution in [-0.2, 0) is 6.42 Å². The van der Waals surface area contributed by atoms with E-state index in [-0.39, 0.29) is 0 Å². The Bertz CT molecular complexity index is 1180. The van der Waals surface area contributed by atoms with Crippen LogP contribution in [0.5, 0.6) is 5.75 Å². The second kappa shape index (κ2) is 12.0. The van der Waals surface area contributed by atoms with E-state index >= 15 is 0 Å². The van der Waals surface area contributed by atoms with Crippen LogP contribution in [-0.4, -0.2) is 47.7 Å². The monoisotopic (exact) mass is 458 g/mol. The maximum Gasteiger partial charge on any atom is 0.138 e. The normalized spacial score (nSPS) is 11.6. The summed E-state index contributed by atoms with van der Waals surface area (Å²) in [7, 11) is 0. The molecular weight excluding hydrogens is 420 g/mol. The number of hydrogen-bond acceptors (Lipinski definition) is 4. The fourth-order valence-electron chi connectivity index (χ4n) is 4.52. The van der Waals surface area contributed by atoms with E-state index in [1.807, 2.05) is 0 Å². The van der Waals surface area contributed by atoms with E-state index in [4.69, 9.17) is 15.5 Å². The van der Waals surface area contributed by atoms with Crippen molar-refractivity contribution in [3.8, 4) is 16.9 Å². The third-order valence-electron chi connectivity index (χ3n) is 6.62. The minimum atomic E-state index is 0.749. The Morgan fingerprint density at radius 3 is 2.41 bits per heavy atom. The molecule has 4 rings (SSSR count). The molecule has 180 valence electrons. The van der Waals surface area contributed by atoms with Gasteiger partial charge in [0, 0.05) is 28.5 Å². The molecule has 0 unspecified atom stereocenters. The summed E-state index contributed by atoms with van der Waals surface area (Å²) < 4.78 is 5.96. The Kier molecular flexibility index (Phi) is 8.56. The third kappa shape index (κ3) is 5.96. The number of unbranched alkanes of at least 4 members (excludes halogenated alkanes) is 2. The van der Waals surface area contributed by atoms with Crippen molar-refractivity contribution in [2.45, 2.75) is 46.0 Å². The van der Waals surface area contributed by atoms with Crippen LogP contribution in [0.25, 0.3) is 33.1 Å². The molecule has 3 N–H and O–H groups in total. The molecule has 34 heavy (non-hydrogen) atoms. The van der Waals surface area contributed by atoms with E-state index in [1.165, 1.54) is 21.9 Å². The number of aromatic amines is 1. The van der Waals surface area contributed by atoms with Crippen LogP contribution in [0.15, 0.2) is 54.6 Å². The number of H-pyrrole nitrogens is 1. The second-order valence-electron chi connectivity index (χ2n) is 8.94. The predicted octanol–water partition coefficient (Wildman–Crippen LogP) is 6.17. The van der Waals surface area contributed by atoms with Gasteiger partial charge in [-0.3, -0.25) is 0 Å². The zero-order valence-corrected chi connectivity index (χ0v) is 20.6. The molecule has 2 heterocycles. The predicted molar refractivity (Wildman–Crippen MR) is 144 cm³/mol. The molecule has 5 heteroatoms. The molecule has 0 amide bonds. The number of ether oxygens (including phenoxy) is 1. The number of benzene rings is 2. The summed E-state index contributed by atoms with van der Waals surface area (Å²) in [6.07, 6.45) is 5.42. The molecule has 0 bridgehead atoms. The minimum Gasteiger partial charge on any atom is -0.494 e. The molecule has 0 saturated carbocycles. The summed E-state index contributed by atoms with van der Waals surface area (Å²) in [5, 5.41) is 2.39. The number of aromatic nitrogens is 2. The summed E-state index contributed by atoms with van der Waals surface area (Å²) >= 11 is 0. The lowest BCUT2D eigenvalue weighted by Crippen LogP contribution is -2.25. The number of fused-ring (bicyclic) bond motifs is 3. The SMILES string of the molecule is CCN(CC)CCCOc1ccc(-c2ccc3[nH]c4nc(CCCCCN)ccc4c3c2)cc1. The number of nitrogens with one attached hydrogen (secondary N) is 1. The van der Waals surface area contributed by atoms with Crippen molar-refractivity contribution in [2.24, 2.45) is 5.73 Å². The van der Waals surface area contributed by atoms with Gasteiger partial charge in [-0.1, -0.05) is 38.5 Å². The number of aryl methyl sites for hydroxylation is 1. The van der Waals surface area contributed by atoms with Crippen molar-refractivity contribution >= 4 is 21.9 Å². The van der Waals surface area contributed by atoms with Gasteiger partial charge in [-0.05, 0) is 92.8 Å². The Balaban J connectivity index is 1.43. The van der Waals surface area contributed by atoms with Gasteiger partial charge < -0.3 is 20.4 Å². The van der Waals surface area contributed by atoms with Gasteiger partial charge in [-0.2, -0.15) is 0 Å². The third-order valence-corrected chi connectivity index (χ3v) is 6.62. The van der Waals surface area contributed by atoms with Crippen molar-refractivity contribution in [2.75, 3.05) is 32.8 Å². The first-order chi connectivity index (χ1) is 16.7. The van der Waals surface area contributed by atoms with Crippen LogP contribution >= 0.6 is 0 Å². The average molecular weight is 459 g/mol. The van der Waals surface area contributed by atoms with Crippen LogP contribution in [0.4, 0.5) is 0 Å². The molecule has 0 aliphatic carbocycles. The van der Waals surface area contributed by atoms with E-state index in [9.17, 15) is 0 Å². The zero-order valence-electron chi connectivity index (χ0n) is 20.6. The fourth-order valence-corrected chi connectivity index (χ4v) is 4.52. The quantitative estimate of drug-likeness (QED) is 0.235. The summed E-state index contributed by atoms with van der Waals surface area (Å²) in [5.74, 6) is 0.930. The first-order valence-electron chi connectivity index (χ1n) is 12.8. The van der Waals surface area contributed by atoms with Crippen molar-refractivity contribution in [1.82, 2.24) is 14.9 Å². The van der Waals surface area contributed by atoms with Gasteiger partial charge in [0.2, 0.25) is 0 Å². The Hall–Kier alpha value is -2.89. The lowest BCUT2D eigenvalue weighted by Gasteiger charge is -2.17. The van der Waals surface area contributed by atoms with E-state index < -0.39 is 0 Å². The number of hydrogen-bond donors (Lipinski definition) is 2. The van der Waals surface area contributed by atoms with Crippen molar-refractivity contribution in [1.29, 1.82) is 0 Å². The van der Waals surface area contributed by atoms with Gasteiger partial charge in [-0.15, -0.1) is 0 Å². The van der Waals surface area contributed by atoms with Crippen LogP contribution in [0.3, 0.4) is 0 Å². The fraction of sp³-hybridized carbons (Fsp3) is 0.414. The first-order valence-corrected chi connectivity index (χ1v) is 12.8. The van der Waals surface area contributed by atoms with Gasteiger partial charge in [0.15, 0.2) is 0 Å². The summed E-state index contributed by atoms with van der Waals surface area (Å²) in [5.41, 5.74) is 11.2. The number of nitrogens with two attached hydrogens (primary N) is 1. The van der Waals surface area contributed by atoms with Gasteiger partial charge in [-0.25, -0.2) is 4.98 Å². The molecular formula is C29H38N4O. The molecule has 4 aromatic rings. The molecule has 0 atom stereocenters. The smallest absolute Gasteiger partial charge is 0.138 e. The van der Waals surface area contributed by atoms with E-state index in [0.29, 0.717) is 0 Å². The minimum absolute atomic E-state index is 0.749. The van der Waals surface area contributed by atoms with Gasteiger partial charge >= 0.3 is 0 Å². The van der Waals surface area contributed by atoms with Crippen LogP contribution in [0.2, 0.25) is 0 Å². The molecule has 2 aromatic carbocycles. The highest BCUT2D eigenvalue weighted by molar-refractivity contribution is 6.07. The van der Waals surface area contributed by atoms with E-state index in [1.54, 1.807) is 0 Å². The molecule has 2 aromatic heterocycles. The number of nitrogens with zero attached hydrogens (tertiary/aromatic N) is 2. The average Bonchev–Trinajstić information content (AvgIpc) is 3.24. The molecule has 5 nitrogen and oxygen atoms in total. The highest BCUT2D eigenvalue weighted by atomic mass is 16.5. The first kappa shape index (κ1) is 24.2. The maximum atomic E-state index is 5.96. The van der Waals surface area contributed by atoms with E-state index in [0.717, 1.165) is 87.5 Å². The van der Waals surface area contributed by atoms with Crippen molar-refractivity contribution in [3.63, 3.8) is 0 Å². The molecule has 0 fully saturated rings. The molecule has 0 radical (unpaired) electrons. The topological polar surface area (TPSA) is 67.2 Å². The van der Waals surface area contributed by atoms with Crippen LogP contribution < -0.4 is 10.5 Å². The summed E-state index contributed by atoms with van der Waals surface area (Å²) in [6.45, 7) is 9.20. The standard InChI is InChI=1S/C29H38N4O/c1-3-33(4-2)19-8-20-34-25-14-10-22(11-15-25)23-12-17-28-27(21-23)26-16-13-24(31-29(26)32-28)9-6-5-7-18-30/h10-17,21H,3-9,18-20,30H2,1-2H3,(H,31,32). The molecule has 0 saturated heterocycles.